The van der Waals surface area contributed by atoms with Crippen LogP contribution in [0.2, 0.25) is 5.02 Å². The molecule has 3 rings (SSSR count). The molecule has 1 atom stereocenters. The van der Waals surface area contributed by atoms with Crippen LogP contribution in [0.25, 0.3) is 0 Å². The van der Waals surface area contributed by atoms with E-state index in [1.807, 2.05) is 0 Å². The Morgan fingerprint density at radius 2 is 2.26 bits per heavy atom. The van der Waals surface area contributed by atoms with Crippen molar-refractivity contribution >= 4 is 23.2 Å². The summed E-state index contributed by atoms with van der Waals surface area (Å²) in [6.45, 7) is 2.07. The van der Waals surface area contributed by atoms with E-state index in [0.717, 1.165) is 30.5 Å². The van der Waals surface area contributed by atoms with Crippen LogP contribution in [0.15, 0.2) is 35.1 Å². The number of carbonyl (C=O) groups excluding carboxylic acids is 1. The number of hydrogen-bond acceptors (Lipinski definition) is 3. The fraction of sp³-hybridized carbons (Fsp3) is 0.353. The summed E-state index contributed by atoms with van der Waals surface area (Å²) in [5.74, 6) is 0.275. The second-order valence-electron chi connectivity index (χ2n) is 6.02. The minimum absolute atomic E-state index is 0.103. The normalized spacial score (nSPS) is 16.7. The summed E-state index contributed by atoms with van der Waals surface area (Å²) in [4.78, 5) is 24.3. The lowest BCUT2D eigenvalue weighted by molar-refractivity contribution is -0.117. The topological polar surface area (TPSA) is 64.0 Å². The van der Waals surface area contributed by atoms with Crippen molar-refractivity contribution in [2.75, 3.05) is 5.32 Å². The Balaban J connectivity index is 1.75. The minimum atomic E-state index is -0.300. The molecule has 1 heterocycles. The van der Waals surface area contributed by atoms with Crippen LogP contribution in [-0.2, 0) is 24.2 Å². The van der Waals surface area contributed by atoms with Gasteiger partial charge in [-0.25, -0.2) is 4.68 Å². The summed E-state index contributed by atoms with van der Waals surface area (Å²) in [5.41, 5.74) is 2.31. The molecule has 1 aromatic carbocycles. The van der Waals surface area contributed by atoms with Crippen molar-refractivity contribution in [3.05, 3.63) is 57.0 Å². The molecule has 0 aliphatic heterocycles. The molecular weight excluding hydrogens is 314 g/mol. The monoisotopic (exact) mass is 331 g/mol. The predicted molar refractivity (Wildman–Crippen MR) is 89.8 cm³/mol. The quantitative estimate of drug-likeness (QED) is 0.940. The zero-order valence-electron chi connectivity index (χ0n) is 12.9. The van der Waals surface area contributed by atoms with Crippen LogP contribution >= 0.6 is 11.6 Å². The molecule has 6 heteroatoms. The average Bonchev–Trinajstić information content (AvgIpc) is 2.48. The van der Waals surface area contributed by atoms with Gasteiger partial charge in [0, 0.05) is 16.8 Å². The first-order chi connectivity index (χ1) is 11.0. The number of nitrogens with one attached hydrogen (secondary N) is 1. The summed E-state index contributed by atoms with van der Waals surface area (Å²) in [6.07, 6.45) is 2.80. The number of fused-ring (bicyclic) bond motifs is 1. The lowest BCUT2D eigenvalue weighted by Crippen LogP contribution is -2.32. The molecule has 0 spiro atoms. The van der Waals surface area contributed by atoms with E-state index in [1.165, 1.54) is 4.68 Å². The molecule has 0 saturated heterocycles. The number of nitrogens with zero attached hydrogens (tertiary/aromatic N) is 2. The zero-order chi connectivity index (χ0) is 16.4. The number of carbonyl (C=O) groups is 1. The third kappa shape index (κ3) is 3.79. The van der Waals surface area contributed by atoms with Crippen molar-refractivity contribution in [1.29, 1.82) is 0 Å². The predicted octanol–water partition coefficient (Wildman–Crippen LogP) is 2.66. The van der Waals surface area contributed by atoms with E-state index < -0.39 is 0 Å². The van der Waals surface area contributed by atoms with Gasteiger partial charge in [-0.05, 0) is 48.9 Å². The Bertz CT molecular complexity index is 801. The van der Waals surface area contributed by atoms with E-state index in [1.54, 1.807) is 30.3 Å². The third-order valence-electron chi connectivity index (χ3n) is 4.01. The summed E-state index contributed by atoms with van der Waals surface area (Å²) in [7, 11) is 0. The van der Waals surface area contributed by atoms with Gasteiger partial charge in [-0.2, -0.15) is 5.10 Å². The van der Waals surface area contributed by atoms with Gasteiger partial charge in [-0.15, -0.1) is 0 Å². The molecule has 0 unspecified atom stereocenters. The number of aromatic nitrogens is 2. The summed E-state index contributed by atoms with van der Waals surface area (Å²) >= 11 is 5.89. The first-order valence-corrected chi connectivity index (χ1v) is 8.04. The SMILES string of the molecule is C[C@@H]1CCc2nn(CC(=O)Nc3cccc(Cl)c3)c(=O)cc2C1. The molecule has 2 aromatic rings. The maximum atomic E-state index is 12.1. The van der Waals surface area contributed by atoms with Crippen LogP contribution in [0.5, 0.6) is 0 Å². The Labute approximate surface area is 139 Å². The van der Waals surface area contributed by atoms with Crippen molar-refractivity contribution < 1.29 is 4.79 Å². The number of aryl methyl sites for hydroxylation is 1. The molecule has 0 bridgehead atoms. The molecule has 5 nitrogen and oxygen atoms in total. The van der Waals surface area contributed by atoms with E-state index in [4.69, 9.17) is 11.6 Å². The second kappa shape index (κ2) is 6.54. The van der Waals surface area contributed by atoms with Crippen LogP contribution in [0.1, 0.15) is 24.6 Å². The van der Waals surface area contributed by atoms with Crippen molar-refractivity contribution in [2.24, 2.45) is 5.92 Å². The van der Waals surface area contributed by atoms with E-state index in [2.05, 4.69) is 17.3 Å². The van der Waals surface area contributed by atoms with Gasteiger partial charge in [0.05, 0.1) is 5.69 Å². The van der Waals surface area contributed by atoms with Gasteiger partial charge in [0.2, 0.25) is 5.91 Å². The molecule has 0 fully saturated rings. The van der Waals surface area contributed by atoms with Gasteiger partial charge in [0.25, 0.3) is 5.56 Å². The maximum absolute atomic E-state index is 12.1. The lowest BCUT2D eigenvalue weighted by atomic mass is 9.88. The maximum Gasteiger partial charge on any atom is 0.267 e. The highest BCUT2D eigenvalue weighted by Crippen LogP contribution is 2.22. The van der Waals surface area contributed by atoms with E-state index >= 15 is 0 Å². The largest absolute Gasteiger partial charge is 0.324 e. The Hall–Kier alpha value is -2.14. The van der Waals surface area contributed by atoms with Gasteiger partial charge >= 0.3 is 0 Å². The highest BCUT2D eigenvalue weighted by atomic mass is 35.5. The van der Waals surface area contributed by atoms with Gasteiger partial charge in [-0.3, -0.25) is 9.59 Å². The van der Waals surface area contributed by atoms with Gasteiger partial charge in [0.1, 0.15) is 6.54 Å². The van der Waals surface area contributed by atoms with Crippen molar-refractivity contribution in [3.8, 4) is 0 Å². The average molecular weight is 332 g/mol. The molecule has 1 aliphatic rings. The van der Waals surface area contributed by atoms with E-state index in [-0.39, 0.29) is 18.0 Å². The zero-order valence-corrected chi connectivity index (χ0v) is 13.6. The highest BCUT2D eigenvalue weighted by Gasteiger charge is 2.18. The second-order valence-corrected chi connectivity index (χ2v) is 6.46. The fourth-order valence-corrected chi connectivity index (χ4v) is 3.02. The van der Waals surface area contributed by atoms with Gasteiger partial charge in [0.15, 0.2) is 0 Å². The van der Waals surface area contributed by atoms with Crippen LogP contribution < -0.4 is 10.9 Å². The van der Waals surface area contributed by atoms with Crippen LogP contribution in [-0.4, -0.2) is 15.7 Å². The van der Waals surface area contributed by atoms with Gasteiger partial charge in [-0.1, -0.05) is 24.6 Å². The Morgan fingerprint density at radius 1 is 1.43 bits per heavy atom. The van der Waals surface area contributed by atoms with Crippen LogP contribution in [0.3, 0.4) is 0 Å². The third-order valence-corrected chi connectivity index (χ3v) is 4.24. The van der Waals surface area contributed by atoms with Gasteiger partial charge < -0.3 is 5.32 Å². The minimum Gasteiger partial charge on any atom is -0.324 e. The van der Waals surface area contributed by atoms with Crippen molar-refractivity contribution in [3.63, 3.8) is 0 Å². The van der Waals surface area contributed by atoms with E-state index in [0.29, 0.717) is 16.6 Å². The fourth-order valence-electron chi connectivity index (χ4n) is 2.83. The molecule has 0 saturated carbocycles. The first-order valence-electron chi connectivity index (χ1n) is 7.66. The molecule has 1 aromatic heterocycles. The molecule has 23 heavy (non-hydrogen) atoms. The van der Waals surface area contributed by atoms with Crippen molar-refractivity contribution in [2.45, 2.75) is 32.7 Å². The standard InChI is InChI=1S/C17H18ClN3O2/c1-11-5-6-15-12(7-11)8-17(23)21(20-15)10-16(22)19-14-4-2-3-13(18)9-14/h2-4,8-9,11H,5-7,10H2,1H3,(H,19,22)/t11-/m1/s1. The summed E-state index contributed by atoms with van der Waals surface area (Å²) in [5, 5.41) is 7.63. The first kappa shape index (κ1) is 15.7. The summed E-state index contributed by atoms with van der Waals surface area (Å²) in [6, 6.07) is 8.50. The Morgan fingerprint density at radius 3 is 3.04 bits per heavy atom. The number of hydrogen-bond donors (Lipinski definition) is 1. The lowest BCUT2D eigenvalue weighted by Gasteiger charge is -2.20. The molecule has 1 N–H and O–H groups in total. The number of anilines is 1. The Kier molecular flexibility index (Phi) is 4.48. The molecule has 1 amide bonds. The molecule has 0 radical (unpaired) electrons. The smallest absolute Gasteiger partial charge is 0.267 e. The molecular formula is C17H18ClN3O2. The van der Waals surface area contributed by atoms with E-state index in [9.17, 15) is 9.59 Å². The number of amides is 1. The van der Waals surface area contributed by atoms with Crippen molar-refractivity contribution in [1.82, 2.24) is 9.78 Å². The van der Waals surface area contributed by atoms with Crippen LogP contribution in [0.4, 0.5) is 5.69 Å². The number of benzene rings is 1. The molecule has 1 aliphatic carbocycles. The summed E-state index contributed by atoms with van der Waals surface area (Å²) < 4.78 is 1.23. The number of rotatable bonds is 3. The molecule has 120 valence electrons. The highest BCUT2D eigenvalue weighted by molar-refractivity contribution is 6.30. The number of halogens is 1. The van der Waals surface area contributed by atoms with Crippen LogP contribution in [0, 0.1) is 5.92 Å².